The summed E-state index contributed by atoms with van der Waals surface area (Å²) in [5.41, 5.74) is 1.71. The Balaban J connectivity index is 1.66. The van der Waals surface area contributed by atoms with Crippen LogP contribution in [0.3, 0.4) is 0 Å². The molecule has 1 saturated heterocycles. The van der Waals surface area contributed by atoms with Gasteiger partial charge in [-0.05, 0) is 24.8 Å². The lowest BCUT2D eigenvalue weighted by atomic mass is 9.97. The highest BCUT2D eigenvalue weighted by Crippen LogP contribution is 2.19. The molecule has 0 atom stereocenters. The monoisotopic (exact) mass is 341 g/mol. The van der Waals surface area contributed by atoms with Crippen molar-refractivity contribution in [3.8, 4) is 11.3 Å². The number of methoxy groups -OCH3 is 1. The molecule has 1 fully saturated rings. The van der Waals surface area contributed by atoms with Crippen LogP contribution in [-0.4, -0.2) is 47.4 Å². The van der Waals surface area contributed by atoms with Crippen molar-refractivity contribution < 1.29 is 9.53 Å². The van der Waals surface area contributed by atoms with Crippen LogP contribution < -0.4 is 5.56 Å². The average Bonchev–Trinajstić information content (AvgIpc) is 2.65. The van der Waals surface area contributed by atoms with Crippen LogP contribution >= 0.6 is 0 Å². The van der Waals surface area contributed by atoms with Gasteiger partial charge in [0.1, 0.15) is 6.61 Å². The SMILES string of the molecule is COCC(=O)N1CCC(Cn2nc(-c3ccccc3)ccc2=O)CC1. The molecule has 6 heteroatoms. The molecule has 0 aliphatic carbocycles. The zero-order chi connectivity index (χ0) is 17.6. The van der Waals surface area contributed by atoms with E-state index >= 15 is 0 Å². The topological polar surface area (TPSA) is 64.4 Å². The Labute approximate surface area is 147 Å². The summed E-state index contributed by atoms with van der Waals surface area (Å²) in [5, 5.41) is 4.52. The predicted octanol–water partition coefficient (Wildman–Crippen LogP) is 1.80. The number of benzene rings is 1. The van der Waals surface area contributed by atoms with Gasteiger partial charge in [-0.15, -0.1) is 0 Å². The highest BCUT2D eigenvalue weighted by atomic mass is 16.5. The number of carbonyl (C=O) groups excluding carboxylic acids is 1. The molecule has 1 aromatic heterocycles. The van der Waals surface area contributed by atoms with Crippen molar-refractivity contribution in [3.63, 3.8) is 0 Å². The summed E-state index contributed by atoms with van der Waals surface area (Å²) in [7, 11) is 1.53. The van der Waals surface area contributed by atoms with Crippen molar-refractivity contribution >= 4 is 5.91 Å². The van der Waals surface area contributed by atoms with Gasteiger partial charge < -0.3 is 9.64 Å². The Bertz CT molecular complexity index is 765. The molecule has 0 N–H and O–H groups in total. The largest absolute Gasteiger partial charge is 0.375 e. The van der Waals surface area contributed by atoms with Crippen LogP contribution in [0.5, 0.6) is 0 Å². The fourth-order valence-electron chi connectivity index (χ4n) is 3.17. The van der Waals surface area contributed by atoms with Crippen LogP contribution in [0.4, 0.5) is 0 Å². The van der Waals surface area contributed by atoms with E-state index in [9.17, 15) is 9.59 Å². The number of aromatic nitrogens is 2. The third-order valence-corrected chi connectivity index (χ3v) is 4.60. The molecule has 0 spiro atoms. The molecule has 0 bridgehead atoms. The lowest BCUT2D eigenvalue weighted by molar-refractivity contribution is -0.136. The minimum Gasteiger partial charge on any atom is -0.375 e. The molecule has 2 aromatic rings. The molecule has 1 amide bonds. The van der Waals surface area contributed by atoms with Crippen LogP contribution in [0, 0.1) is 5.92 Å². The Morgan fingerprint density at radius 1 is 1.16 bits per heavy atom. The number of nitrogens with zero attached hydrogens (tertiary/aromatic N) is 3. The highest BCUT2D eigenvalue weighted by Gasteiger charge is 2.23. The molecule has 6 nitrogen and oxygen atoms in total. The molecule has 0 unspecified atom stereocenters. The summed E-state index contributed by atoms with van der Waals surface area (Å²) in [5.74, 6) is 0.380. The van der Waals surface area contributed by atoms with Crippen LogP contribution in [0.1, 0.15) is 12.8 Å². The second kappa shape index (κ2) is 8.07. The highest BCUT2D eigenvalue weighted by molar-refractivity contribution is 5.77. The van der Waals surface area contributed by atoms with Gasteiger partial charge in [-0.25, -0.2) is 4.68 Å². The number of piperidine rings is 1. The predicted molar refractivity (Wildman–Crippen MR) is 95.1 cm³/mol. The first-order valence-corrected chi connectivity index (χ1v) is 8.57. The zero-order valence-corrected chi connectivity index (χ0v) is 14.4. The van der Waals surface area contributed by atoms with E-state index in [-0.39, 0.29) is 18.1 Å². The van der Waals surface area contributed by atoms with E-state index in [4.69, 9.17) is 4.74 Å². The lowest BCUT2D eigenvalue weighted by Crippen LogP contribution is -2.41. The molecule has 1 aliphatic rings. The van der Waals surface area contributed by atoms with Crippen molar-refractivity contribution in [2.75, 3.05) is 26.8 Å². The fourth-order valence-corrected chi connectivity index (χ4v) is 3.17. The Morgan fingerprint density at radius 3 is 2.56 bits per heavy atom. The molecule has 0 saturated carbocycles. The number of amides is 1. The number of hydrogen-bond acceptors (Lipinski definition) is 4. The average molecular weight is 341 g/mol. The summed E-state index contributed by atoms with van der Waals surface area (Å²) < 4.78 is 6.46. The molecular formula is C19H23N3O3. The number of hydrogen-bond donors (Lipinski definition) is 0. The number of rotatable bonds is 5. The summed E-state index contributed by atoms with van der Waals surface area (Å²) in [4.78, 5) is 25.8. The standard InChI is InChI=1S/C19H23N3O3/c1-25-14-19(24)21-11-9-15(10-12-21)13-22-18(23)8-7-17(20-22)16-5-3-2-4-6-16/h2-8,15H,9-14H2,1H3. The van der Waals surface area contributed by atoms with Gasteiger partial charge in [0.15, 0.2) is 0 Å². The second-order valence-corrected chi connectivity index (χ2v) is 6.36. The van der Waals surface area contributed by atoms with E-state index in [0.717, 1.165) is 24.1 Å². The van der Waals surface area contributed by atoms with E-state index < -0.39 is 0 Å². The van der Waals surface area contributed by atoms with E-state index in [2.05, 4.69) is 5.10 Å². The van der Waals surface area contributed by atoms with Gasteiger partial charge in [-0.3, -0.25) is 9.59 Å². The molecule has 2 heterocycles. The van der Waals surface area contributed by atoms with Gasteiger partial charge in [0.05, 0.1) is 5.69 Å². The first kappa shape index (κ1) is 17.4. The summed E-state index contributed by atoms with van der Waals surface area (Å²) in [6.45, 7) is 2.14. The Hall–Kier alpha value is -2.47. The molecular weight excluding hydrogens is 318 g/mol. The van der Waals surface area contributed by atoms with Crippen LogP contribution in [0.15, 0.2) is 47.3 Å². The normalized spacial score (nSPS) is 15.3. The molecule has 1 aromatic carbocycles. The first-order chi connectivity index (χ1) is 12.2. The maximum atomic E-state index is 12.2. The van der Waals surface area contributed by atoms with E-state index in [0.29, 0.717) is 25.6 Å². The van der Waals surface area contributed by atoms with E-state index in [1.165, 1.54) is 7.11 Å². The van der Waals surface area contributed by atoms with Gasteiger partial charge in [0, 0.05) is 38.4 Å². The third-order valence-electron chi connectivity index (χ3n) is 4.60. The van der Waals surface area contributed by atoms with Crippen molar-refractivity contribution in [1.82, 2.24) is 14.7 Å². The maximum Gasteiger partial charge on any atom is 0.266 e. The summed E-state index contributed by atoms with van der Waals surface area (Å²) >= 11 is 0. The summed E-state index contributed by atoms with van der Waals surface area (Å²) in [6, 6.07) is 13.2. The first-order valence-electron chi connectivity index (χ1n) is 8.57. The number of carbonyl (C=O) groups is 1. The van der Waals surface area contributed by atoms with E-state index in [1.54, 1.807) is 16.8 Å². The Morgan fingerprint density at radius 2 is 1.88 bits per heavy atom. The van der Waals surface area contributed by atoms with Crippen LogP contribution in [0.2, 0.25) is 0 Å². The third kappa shape index (κ3) is 4.33. The van der Waals surface area contributed by atoms with Crippen molar-refractivity contribution in [3.05, 3.63) is 52.8 Å². The van der Waals surface area contributed by atoms with E-state index in [1.807, 2.05) is 35.2 Å². The number of ether oxygens (including phenoxy) is 1. The molecule has 1 aliphatic heterocycles. The Kier molecular flexibility index (Phi) is 5.60. The molecule has 132 valence electrons. The van der Waals surface area contributed by atoms with Gasteiger partial charge in [-0.2, -0.15) is 5.10 Å². The summed E-state index contributed by atoms with van der Waals surface area (Å²) in [6.07, 6.45) is 1.75. The maximum absolute atomic E-state index is 12.2. The molecule has 3 rings (SSSR count). The lowest BCUT2D eigenvalue weighted by Gasteiger charge is -2.31. The molecule has 25 heavy (non-hydrogen) atoms. The van der Waals surface area contributed by atoms with Crippen molar-refractivity contribution in [1.29, 1.82) is 0 Å². The minimum atomic E-state index is -0.0856. The number of likely N-dealkylation sites (tertiary alicyclic amines) is 1. The van der Waals surface area contributed by atoms with Gasteiger partial charge in [0.2, 0.25) is 5.91 Å². The second-order valence-electron chi connectivity index (χ2n) is 6.36. The van der Waals surface area contributed by atoms with Crippen molar-refractivity contribution in [2.45, 2.75) is 19.4 Å². The molecule has 0 radical (unpaired) electrons. The van der Waals surface area contributed by atoms with Crippen molar-refractivity contribution in [2.24, 2.45) is 5.92 Å². The fraction of sp³-hybridized carbons (Fsp3) is 0.421. The van der Waals surface area contributed by atoms with Crippen LogP contribution in [0.25, 0.3) is 11.3 Å². The van der Waals surface area contributed by atoms with Gasteiger partial charge >= 0.3 is 0 Å². The smallest absolute Gasteiger partial charge is 0.266 e. The van der Waals surface area contributed by atoms with Crippen LogP contribution in [-0.2, 0) is 16.1 Å². The quantitative estimate of drug-likeness (QED) is 0.832. The minimum absolute atomic E-state index is 0.0299. The zero-order valence-electron chi connectivity index (χ0n) is 14.4. The van der Waals surface area contributed by atoms with Gasteiger partial charge in [-0.1, -0.05) is 30.3 Å². The van der Waals surface area contributed by atoms with Gasteiger partial charge in [0.25, 0.3) is 5.56 Å².